The van der Waals surface area contributed by atoms with Gasteiger partial charge in [-0.3, -0.25) is 0 Å². The number of nitrogens with zero attached hydrogens (tertiary/aromatic N) is 2. The Hall–Kier alpha value is -1.42. The smallest absolute Gasteiger partial charge is 0.125 e. The van der Waals surface area contributed by atoms with Crippen molar-refractivity contribution in [2.24, 2.45) is 12.8 Å². The molecule has 1 aromatic carbocycles. The van der Waals surface area contributed by atoms with Gasteiger partial charge in [0.05, 0.1) is 11.0 Å². The molecule has 4 heteroatoms. The molecule has 14 heavy (non-hydrogen) atoms. The van der Waals surface area contributed by atoms with Gasteiger partial charge >= 0.3 is 0 Å². The third-order valence-corrected chi connectivity index (χ3v) is 2.30. The van der Waals surface area contributed by atoms with Crippen molar-refractivity contribution in [1.29, 1.82) is 0 Å². The molecule has 0 unspecified atom stereocenters. The molecule has 0 bridgehead atoms. The van der Waals surface area contributed by atoms with Gasteiger partial charge < -0.3 is 10.3 Å². The highest BCUT2D eigenvalue weighted by Crippen LogP contribution is 2.16. The highest BCUT2D eigenvalue weighted by molar-refractivity contribution is 5.75. The van der Waals surface area contributed by atoms with Crippen LogP contribution in [0.25, 0.3) is 11.0 Å². The monoisotopic (exact) mass is 193 g/mol. The zero-order chi connectivity index (χ0) is 10.1. The summed E-state index contributed by atoms with van der Waals surface area (Å²) in [4.78, 5) is 4.31. The van der Waals surface area contributed by atoms with Gasteiger partial charge in [-0.1, -0.05) is 0 Å². The summed E-state index contributed by atoms with van der Waals surface area (Å²) >= 11 is 0. The Morgan fingerprint density at radius 3 is 3.00 bits per heavy atom. The second-order valence-corrected chi connectivity index (χ2v) is 3.26. The molecule has 2 aromatic rings. The molecular formula is C10H12FN3. The molecule has 0 aliphatic heterocycles. The summed E-state index contributed by atoms with van der Waals surface area (Å²) in [6.07, 6.45) is 0.715. The van der Waals surface area contributed by atoms with Crippen molar-refractivity contribution in [1.82, 2.24) is 9.55 Å². The number of aromatic nitrogens is 2. The van der Waals surface area contributed by atoms with Gasteiger partial charge in [0.1, 0.15) is 11.6 Å². The van der Waals surface area contributed by atoms with Crippen molar-refractivity contribution in [3.8, 4) is 0 Å². The molecule has 0 spiro atoms. The Kier molecular flexibility index (Phi) is 2.21. The van der Waals surface area contributed by atoms with Crippen molar-refractivity contribution in [2.75, 3.05) is 6.54 Å². The van der Waals surface area contributed by atoms with E-state index in [0.29, 0.717) is 18.5 Å². The molecule has 0 saturated heterocycles. The quantitative estimate of drug-likeness (QED) is 0.779. The lowest BCUT2D eigenvalue weighted by molar-refractivity contribution is 0.629. The fourth-order valence-electron chi connectivity index (χ4n) is 1.58. The Morgan fingerprint density at radius 1 is 1.50 bits per heavy atom. The number of imidazole rings is 1. The Labute approximate surface area is 81.4 Å². The lowest BCUT2D eigenvalue weighted by atomic mass is 10.3. The average molecular weight is 193 g/mol. The van der Waals surface area contributed by atoms with Gasteiger partial charge in [-0.25, -0.2) is 9.37 Å². The minimum Gasteiger partial charge on any atom is -0.331 e. The molecule has 0 radical (unpaired) electrons. The van der Waals surface area contributed by atoms with Crippen molar-refractivity contribution in [2.45, 2.75) is 6.42 Å². The Morgan fingerprint density at radius 2 is 2.29 bits per heavy atom. The summed E-state index contributed by atoms with van der Waals surface area (Å²) in [5.41, 5.74) is 7.08. The zero-order valence-electron chi connectivity index (χ0n) is 8.00. The fourth-order valence-corrected chi connectivity index (χ4v) is 1.58. The minimum absolute atomic E-state index is 0.255. The van der Waals surface area contributed by atoms with Gasteiger partial charge in [0.2, 0.25) is 0 Å². The highest BCUT2D eigenvalue weighted by Gasteiger charge is 2.06. The van der Waals surface area contributed by atoms with Crippen LogP contribution in [-0.4, -0.2) is 16.1 Å². The van der Waals surface area contributed by atoms with E-state index in [4.69, 9.17) is 5.73 Å². The van der Waals surface area contributed by atoms with Crippen LogP contribution in [0.15, 0.2) is 18.2 Å². The SMILES string of the molecule is Cn1c(CCN)nc2cc(F)ccc21. The van der Waals surface area contributed by atoms with E-state index in [1.54, 1.807) is 6.07 Å². The maximum absolute atomic E-state index is 12.9. The van der Waals surface area contributed by atoms with Crippen LogP contribution in [0.4, 0.5) is 4.39 Å². The fraction of sp³-hybridized carbons (Fsp3) is 0.300. The van der Waals surface area contributed by atoms with Crippen LogP contribution in [0.3, 0.4) is 0 Å². The molecule has 1 heterocycles. The van der Waals surface area contributed by atoms with Gasteiger partial charge in [-0.2, -0.15) is 0 Å². The number of fused-ring (bicyclic) bond motifs is 1. The van der Waals surface area contributed by atoms with E-state index in [1.165, 1.54) is 12.1 Å². The third kappa shape index (κ3) is 1.37. The van der Waals surface area contributed by atoms with E-state index in [2.05, 4.69) is 4.98 Å². The van der Waals surface area contributed by atoms with Crippen molar-refractivity contribution < 1.29 is 4.39 Å². The first-order chi connectivity index (χ1) is 6.72. The lowest BCUT2D eigenvalue weighted by Crippen LogP contribution is -2.07. The van der Waals surface area contributed by atoms with Crippen LogP contribution in [0.5, 0.6) is 0 Å². The van der Waals surface area contributed by atoms with E-state index >= 15 is 0 Å². The van der Waals surface area contributed by atoms with Gasteiger partial charge in [0.15, 0.2) is 0 Å². The topological polar surface area (TPSA) is 43.8 Å². The molecule has 0 atom stereocenters. The van der Waals surface area contributed by atoms with Crippen LogP contribution in [0, 0.1) is 5.82 Å². The first-order valence-corrected chi connectivity index (χ1v) is 4.53. The van der Waals surface area contributed by atoms with E-state index in [0.717, 1.165) is 11.3 Å². The number of aryl methyl sites for hydroxylation is 1. The van der Waals surface area contributed by atoms with Gasteiger partial charge in [0.25, 0.3) is 0 Å². The van der Waals surface area contributed by atoms with E-state index in [-0.39, 0.29) is 5.82 Å². The molecule has 0 fully saturated rings. The number of hydrogen-bond donors (Lipinski definition) is 1. The summed E-state index contributed by atoms with van der Waals surface area (Å²) in [7, 11) is 1.91. The standard InChI is InChI=1S/C10H12FN3/c1-14-9-3-2-7(11)6-8(9)13-10(14)4-5-12/h2-3,6H,4-5,12H2,1H3. The number of nitrogens with two attached hydrogens (primary N) is 1. The van der Waals surface area contributed by atoms with Crippen LogP contribution >= 0.6 is 0 Å². The summed E-state index contributed by atoms with van der Waals surface area (Å²) < 4.78 is 14.8. The molecule has 3 nitrogen and oxygen atoms in total. The van der Waals surface area contributed by atoms with Gasteiger partial charge in [-0.15, -0.1) is 0 Å². The van der Waals surface area contributed by atoms with Gasteiger partial charge in [-0.05, 0) is 18.7 Å². The molecular weight excluding hydrogens is 181 g/mol. The van der Waals surface area contributed by atoms with Crippen molar-refractivity contribution in [3.63, 3.8) is 0 Å². The maximum Gasteiger partial charge on any atom is 0.125 e. The average Bonchev–Trinajstić information content (AvgIpc) is 2.44. The number of halogens is 1. The lowest BCUT2D eigenvalue weighted by Gasteiger charge is -1.98. The second kappa shape index (κ2) is 3.38. The Balaban J connectivity index is 2.61. The number of hydrogen-bond acceptors (Lipinski definition) is 2. The Bertz CT molecular complexity index is 462. The largest absolute Gasteiger partial charge is 0.331 e. The van der Waals surface area contributed by atoms with Crippen molar-refractivity contribution >= 4 is 11.0 Å². The molecule has 0 saturated carbocycles. The summed E-state index contributed by atoms with van der Waals surface area (Å²) in [6, 6.07) is 4.61. The summed E-state index contributed by atoms with van der Waals surface area (Å²) in [5, 5.41) is 0. The summed E-state index contributed by atoms with van der Waals surface area (Å²) in [6.45, 7) is 0.555. The molecule has 0 amide bonds. The molecule has 0 aliphatic carbocycles. The molecule has 74 valence electrons. The number of benzene rings is 1. The molecule has 0 aliphatic rings. The van der Waals surface area contributed by atoms with Crippen molar-refractivity contribution in [3.05, 3.63) is 29.8 Å². The number of rotatable bonds is 2. The van der Waals surface area contributed by atoms with Crippen LogP contribution in [0.1, 0.15) is 5.82 Å². The molecule has 2 N–H and O–H groups in total. The van der Waals surface area contributed by atoms with E-state index in [9.17, 15) is 4.39 Å². The minimum atomic E-state index is -0.255. The van der Waals surface area contributed by atoms with E-state index in [1.807, 2.05) is 11.6 Å². The van der Waals surface area contributed by atoms with Crippen LogP contribution in [-0.2, 0) is 13.5 Å². The third-order valence-electron chi connectivity index (χ3n) is 2.30. The summed E-state index contributed by atoms with van der Waals surface area (Å²) in [5.74, 6) is 0.642. The predicted molar refractivity (Wildman–Crippen MR) is 53.4 cm³/mol. The predicted octanol–water partition coefficient (Wildman–Crippen LogP) is 1.21. The normalized spacial score (nSPS) is 11.1. The highest BCUT2D eigenvalue weighted by atomic mass is 19.1. The zero-order valence-corrected chi connectivity index (χ0v) is 8.00. The first kappa shape index (κ1) is 9.15. The second-order valence-electron chi connectivity index (χ2n) is 3.26. The molecule has 1 aromatic heterocycles. The van der Waals surface area contributed by atoms with Crippen LogP contribution < -0.4 is 5.73 Å². The van der Waals surface area contributed by atoms with Gasteiger partial charge in [0, 0.05) is 19.5 Å². The van der Waals surface area contributed by atoms with Crippen LogP contribution in [0.2, 0.25) is 0 Å². The maximum atomic E-state index is 12.9. The first-order valence-electron chi connectivity index (χ1n) is 4.53. The molecule has 2 rings (SSSR count). The van der Waals surface area contributed by atoms with E-state index < -0.39 is 0 Å².